The van der Waals surface area contributed by atoms with Crippen LogP contribution in [0, 0.1) is 0 Å². The zero-order valence-corrected chi connectivity index (χ0v) is 17.3. The lowest BCUT2D eigenvalue weighted by atomic mass is 10.2. The maximum Gasteiger partial charge on any atom is 0.233 e. The summed E-state index contributed by atoms with van der Waals surface area (Å²) in [4.78, 5) is 25.6. The molecular formula is C18H21N9O2S. The average molecular weight is 427 g/mol. The molecule has 0 unspecified atom stereocenters. The first-order chi connectivity index (χ1) is 14.7. The molecule has 1 aliphatic carbocycles. The first-order valence-electron chi connectivity index (χ1n) is 9.85. The summed E-state index contributed by atoms with van der Waals surface area (Å²) < 4.78 is 6.89. The van der Waals surface area contributed by atoms with Crippen LogP contribution in [0.5, 0.6) is 0 Å². The average Bonchev–Trinajstić information content (AvgIpc) is 3.37. The monoisotopic (exact) mass is 427 g/mol. The minimum atomic E-state index is 0.0922. The lowest BCUT2D eigenvalue weighted by molar-refractivity contribution is -0.128. The van der Waals surface area contributed by atoms with E-state index in [1.807, 2.05) is 17.0 Å². The van der Waals surface area contributed by atoms with Crippen LogP contribution in [0.15, 0.2) is 28.0 Å². The summed E-state index contributed by atoms with van der Waals surface area (Å²) in [5.74, 6) is 3.05. The van der Waals surface area contributed by atoms with Crippen LogP contribution in [0.25, 0.3) is 11.4 Å². The van der Waals surface area contributed by atoms with E-state index in [4.69, 9.17) is 4.52 Å². The number of nitrogens with zero attached hydrogens (tertiary/aromatic N) is 9. The molecule has 5 rings (SSSR count). The van der Waals surface area contributed by atoms with Gasteiger partial charge in [-0.3, -0.25) is 4.79 Å². The highest BCUT2D eigenvalue weighted by Crippen LogP contribution is 2.39. The van der Waals surface area contributed by atoms with Crippen molar-refractivity contribution in [2.24, 2.45) is 7.05 Å². The molecule has 30 heavy (non-hydrogen) atoms. The van der Waals surface area contributed by atoms with Gasteiger partial charge in [-0.15, -0.1) is 5.10 Å². The van der Waals surface area contributed by atoms with Gasteiger partial charge in [-0.1, -0.05) is 16.9 Å². The highest BCUT2D eigenvalue weighted by atomic mass is 32.2. The summed E-state index contributed by atoms with van der Waals surface area (Å²) in [6, 6.07) is 3.93. The summed E-state index contributed by atoms with van der Waals surface area (Å²) in [6.45, 7) is 2.80. The maximum atomic E-state index is 12.5. The van der Waals surface area contributed by atoms with E-state index in [1.165, 1.54) is 11.8 Å². The van der Waals surface area contributed by atoms with Crippen molar-refractivity contribution in [1.29, 1.82) is 0 Å². The number of aryl methyl sites for hydroxylation is 1. The van der Waals surface area contributed by atoms with Crippen molar-refractivity contribution in [2.45, 2.75) is 23.9 Å². The number of rotatable bonds is 6. The molecule has 1 amide bonds. The fraction of sp³-hybridized carbons (Fsp3) is 0.500. The number of anilines is 1. The highest BCUT2D eigenvalue weighted by Gasteiger charge is 2.30. The van der Waals surface area contributed by atoms with Crippen LogP contribution >= 0.6 is 11.8 Å². The van der Waals surface area contributed by atoms with Gasteiger partial charge < -0.3 is 14.3 Å². The minimum Gasteiger partial charge on any atom is -0.353 e. The molecule has 12 heteroatoms. The Morgan fingerprint density at radius 3 is 2.73 bits per heavy atom. The Balaban J connectivity index is 1.14. The van der Waals surface area contributed by atoms with Gasteiger partial charge in [0.25, 0.3) is 0 Å². The second-order valence-corrected chi connectivity index (χ2v) is 8.32. The molecule has 0 radical (unpaired) electrons. The predicted octanol–water partition coefficient (Wildman–Crippen LogP) is 0.973. The minimum absolute atomic E-state index is 0.0922. The van der Waals surface area contributed by atoms with Crippen molar-refractivity contribution in [1.82, 2.24) is 40.2 Å². The Kier molecular flexibility index (Phi) is 5.07. The van der Waals surface area contributed by atoms with Gasteiger partial charge in [0.2, 0.25) is 22.8 Å². The number of aromatic nitrogens is 7. The van der Waals surface area contributed by atoms with E-state index in [9.17, 15) is 4.79 Å². The van der Waals surface area contributed by atoms with Gasteiger partial charge in [0, 0.05) is 50.9 Å². The molecule has 1 saturated carbocycles. The molecule has 0 spiro atoms. The van der Waals surface area contributed by atoms with Crippen LogP contribution in [-0.2, 0) is 11.8 Å². The molecule has 0 N–H and O–H groups in total. The number of carbonyl (C=O) groups excluding carboxylic acids is 1. The molecule has 11 nitrogen and oxygen atoms in total. The van der Waals surface area contributed by atoms with Crippen molar-refractivity contribution < 1.29 is 9.32 Å². The van der Waals surface area contributed by atoms with Crippen molar-refractivity contribution in [3.05, 3.63) is 24.2 Å². The van der Waals surface area contributed by atoms with Crippen LogP contribution in [0.3, 0.4) is 0 Å². The molecule has 2 aliphatic rings. The van der Waals surface area contributed by atoms with Crippen molar-refractivity contribution >= 4 is 23.5 Å². The molecule has 1 saturated heterocycles. The lowest BCUT2D eigenvalue weighted by Crippen LogP contribution is -2.49. The molecule has 3 aromatic heterocycles. The molecular weight excluding hydrogens is 406 g/mol. The predicted molar refractivity (Wildman–Crippen MR) is 108 cm³/mol. The van der Waals surface area contributed by atoms with Crippen molar-refractivity contribution in [3.8, 4) is 11.4 Å². The molecule has 2 fully saturated rings. The lowest BCUT2D eigenvalue weighted by Gasteiger charge is -2.35. The summed E-state index contributed by atoms with van der Waals surface area (Å²) >= 11 is 1.35. The van der Waals surface area contributed by atoms with Gasteiger partial charge in [0.05, 0.1) is 5.75 Å². The van der Waals surface area contributed by atoms with E-state index in [1.54, 1.807) is 17.9 Å². The number of piperazine rings is 1. The van der Waals surface area contributed by atoms with Gasteiger partial charge in [0.1, 0.15) is 5.82 Å². The number of pyridine rings is 1. The van der Waals surface area contributed by atoms with Crippen LogP contribution < -0.4 is 4.90 Å². The molecule has 4 heterocycles. The zero-order valence-electron chi connectivity index (χ0n) is 16.5. The van der Waals surface area contributed by atoms with E-state index in [-0.39, 0.29) is 5.91 Å². The van der Waals surface area contributed by atoms with E-state index in [0.29, 0.717) is 35.7 Å². The van der Waals surface area contributed by atoms with E-state index in [2.05, 4.69) is 35.5 Å². The van der Waals surface area contributed by atoms with Crippen molar-refractivity contribution in [3.63, 3.8) is 0 Å². The highest BCUT2D eigenvalue weighted by molar-refractivity contribution is 7.99. The van der Waals surface area contributed by atoms with Crippen LogP contribution in [0.2, 0.25) is 0 Å². The number of thioether (sulfide) groups is 1. The Morgan fingerprint density at radius 2 is 2.07 bits per heavy atom. The summed E-state index contributed by atoms with van der Waals surface area (Å²) in [6.07, 6.45) is 4.03. The Hall–Kier alpha value is -3.02. The molecule has 0 atom stereocenters. The van der Waals surface area contributed by atoms with Gasteiger partial charge in [0.15, 0.2) is 0 Å². The second-order valence-electron chi connectivity index (χ2n) is 7.38. The van der Waals surface area contributed by atoms with Crippen molar-refractivity contribution in [2.75, 3.05) is 36.8 Å². The van der Waals surface area contributed by atoms with Gasteiger partial charge >= 0.3 is 0 Å². The largest absolute Gasteiger partial charge is 0.353 e. The number of hydrogen-bond donors (Lipinski definition) is 0. The fourth-order valence-electron chi connectivity index (χ4n) is 3.30. The van der Waals surface area contributed by atoms with Crippen LogP contribution in [0.4, 0.5) is 5.82 Å². The molecule has 0 bridgehead atoms. The first kappa shape index (κ1) is 19.0. The third-order valence-corrected chi connectivity index (χ3v) is 6.23. The number of carbonyl (C=O) groups is 1. The van der Waals surface area contributed by atoms with E-state index < -0.39 is 0 Å². The third kappa shape index (κ3) is 3.99. The van der Waals surface area contributed by atoms with Gasteiger partial charge in [-0.25, -0.2) is 9.67 Å². The molecule has 156 valence electrons. The Bertz CT molecular complexity index is 1020. The van der Waals surface area contributed by atoms with E-state index >= 15 is 0 Å². The third-order valence-electron chi connectivity index (χ3n) is 5.24. The Morgan fingerprint density at radius 1 is 1.23 bits per heavy atom. The number of tetrazole rings is 1. The molecule has 1 aliphatic heterocycles. The normalized spacial score (nSPS) is 16.8. The quantitative estimate of drug-likeness (QED) is 0.526. The fourth-order valence-corrected chi connectivity index (χ4v) is 4.05. The zero-order chi connectivity index (χ0) is 20.5. The van der Waals surface area contributed by atoms with E-state index in [0.717, 1.165) is 43.2 Å². The van der Waals surface area contributed by atoms with Crippen LogP contribution in [0.1, 0.15) is 24.7 Å². The maximum absolute atomic E-state index is 12.5. The molecule has 3 aromatic rings. The summed E-state index contributed by atoms with van der Waals surface area (Å²) in [5, 5.41) is 15.9. The number of amides is 1. The summed E-state index contributed by atoms with van der Waals surface area (Å²) in [7, 11) is 1.76. The smallest absolute Gasteiger partial charge is 0.233 e. The summed E-state index contributed by atoms with van der Waals surface area (Å²) in [5.41, 5.74) is 0.846. The SMILES string of the molecule is Cn1nnnc1SCC(=O)N1CCN(c2ccc(-c3noc(C4CC4)n3)cn2)CC1. The first-order valence-corrected chi connectivity index (χ1v) is 10.8. The van der Waals surface area contributed by atoms with Gasteiger partial charge in [-0.05, 0) is 35.4 Å². The molecule has 0 aromatic carbocycles. The van der Waals surface area contributed by atoms with Gasteiger partial charge in [-0.2, -0.15) is 4.98 Å². The Labute approximate surface area is 176 Å². The topological polar surface area (TPSA) is 119 Å². The van der Waals surface area contributed by atoms with Crippen LogP contribution in [-0.4, -0.2) is 78.1 Å². The standard InChI is InChI=1S/C18H21N9O2S/c1-25-18(21-23-24-25)30-11-15(28)27-8-6-26(7-9-27)14-5-4-13(10-19-14)16-20-17(29-22-16)12-2-3-12/h4-5,10,12H,2-3,6-9,11H2,1H3. The number of hydrogen-bond acceptors (Lipinski definition) is 10. The second kappa shape index (κ2) is 8.01.